The minimum absolute atomic E-state index is 0.0233. The highest BCUT2D eigenvalue weighted by atomic mass is 32.1. The van der Waals surface area contributed by atoms with Crippen LogP contribution in [0.3, 0.4) is 0 Å². The van der Waals surface area contributed by atoms with E-state index in [0.717, 1.165) is 24.9 Å². The summed E-state index contributed by atoms with van der Waals surface area (Å²) in [7, 11) is 1.87. The van der Waals surface area contributed by atoms with Gasteiger partial charge in [0.1, 0.15) is 0 Å². The summed E-state index contributed by atoms with van der Waals surface area (Å²) in [6, 6.07) is 2.31. The number of hydrogen-bond donors (Lipinski definition) is 1. The molecule has 0 saturated carbocycles. The van der Waals surface area contributed by atoms with Crippen LogP contribution in [-0.4, -0.2) is 25.0 Å². The average molecular weight is 238 g/mol. The second kappa shape index (κ2) is 4.97. The normalized spacial score (nSPS) is 26.9. The lowest BCUT2D eigenvalue weighted by molar-refractivity contribution is -0.120. The maximum Gasteiger partial charge on any atom is 0.244 e. The first-order valence-corrected chi connectivity index (χ1v) is 6.71. The van der Waals surface area contributed by atoms with Crippen molar-refractivity contribution in [3.05, 3.63) is 16.8 Å². The first-order valence-electron chi connectivity index (χ1n) is 5.76. The van der Waals surface area contributed by atoms with E-state index in [2.05, 4.69) is 12.2 Å². The molecule has 0 bridgehead atoms. The standard InChI is InChI=1S/C12H18N2OS/c1-9-4-3-5-11(13-2)12(15)14(9)10-6-7-16-8-10/h6-9,11,13H,3-5H2,1-2H3. The smallest absolute Gasteiger partial charge is 0.244 e. The highest BCUT2D eigenvalue weighted by Crippen LogP contribution is 2.26. The van der Waals surface area contributed by atoms with Gasteiger partial charge in [0.15, 0.2) is 0 Å². The first-order chi connectivity index (χ1) is 7.74. The maximum absolute atomic E-state index is 12.4. The molecule has 1 aliphatic heterocycles. The Kier molecular flexibility index (Phi) is 3.61. The van der Waals surface area contributed by atoms with Crippen LogP contribution in [-0.2, 0) is 4.79 Å². The van der Waals surface area contributed by atoms with Crippen molar-refractivity contribution in [1.29, 1.82) is 0 Å². The van der Waals surface area contributed by atoms with E-state index in [9.17, 15) is 4.79 Å². The molecule has 0 aromatic carbocycles. The summed E-state index contributed by atoms with van der Waals surface area (Å²) in [6.07, 6.45) is 3.14. The third-order valence-electron chi connectivity index (χ3n) is 3.22. The fourth-order valence-electron chi connectivity index (χ4n) is 2.30. The molecule has 0 radical (unpaired) electrons. The minimum Gasteiger partial charge on any atom is -0.309 e. The number of thiophene rings is 1. The second-order valence-electron chi connectivity index (χ2n) is 4.31. The number of rotatable bonds is 2. The molecule has 2 unspecified atom stereocenters. The fourth-order valence-corrected chi connectivity index (χ4v) is 2.93. The van der Waals surface area contributed by atoms with Gasteiger partial charge in [-0.05, 0) is 44.7 Å². The lowest BCUT2D eigenvalue weighted by atomic mass is 10.1. The number of amides is 1. The SMILES string of the molecule is CNC1CCCC(C)N(c2ccsc2)C1=O. The molecule has 1 saturated heterocycles. The van der Waals surface area contributed by atoms with E-state index in [0.29, 0.717) is 6.04 Å². The molecule has 4 heteroatoms. The van der Waals surface area contributed by atoms with Crippen molar-refractivity contribution in [3.63, 3.8) is 0 Å². The molecule has 0 spiro atoms. The van der Waals surface area contributed by atoms with Crippen molar-refractivity contribution in [2.24, 2.45) is 0 Å². The van der Waals surface area contributed by atoms with Gasteiger partial charge >= 0.3 is 0 Å². The quantitative estimate of drug-likeness (QED) is 0.857. The van der Waals surface area contributed by atoms with Crippen LogP contribution in [0.4, 0.5) is 5.69 Å². The summed E-state index contributed by atoms with van der Waals surface area (Å²) < 4.78 is 0. The van der Waals surface area contributed by atoms with E-state index >= 15 is 0 Å². The van der Waals surface area contributed by atoms with Crippen LogP contribution in [0.2, 0.25) is 0 Å². The highest BCUT2D eigenvalue weighted by molar-refractivity contribution is 7.08. The third-order valence-corrected chi connectivity index (χ3v) is 3.89. The summed E-state index contributed by atoms with van der Waals surface area (Å²) in [5.41, 5.74) is 1.05. The van der Waals surface area contributed by atoms with Crippen LogP contribution >= 0.6 is 11.3 Å². The van der Waals surface area contributed by atoms with Crippen molar-refractivity contribution in [1.82, 2.24) is 5.32 Å². The topological polar surface area (TPSA) is 32.3 Å². The summed E-state index contributed by atoms with van der Waals surface area (Å²) >= 11 is 1.64. The van der Waals surface area contributed by atoms with Crippen molar-refractivity contribution >= 4 is 22.9 Å². The molecular formula is C12H18N2OS. The van der Waals surface area contributed by atoms with Gasteiger partial charge in [0.2, 0.25) is 5.91 Å². The Morgan fingerprint density at radius 3 is 2.94 bits per heavy atom. The predicted octanol–water partition coefficient (Wildman–Crippen LogP) is 2.24. The van der Waals surface area contributed by atoms with Gasteiger partial charge in [0.05, 0.1) is 11.7 Å². The number of nitrogens with zero attached hydrogens (tertiary/aromatic N) is 1. The number of anilines is 1. The summed E-state index contributed by atoms with van der Waals surface area (Å²) in [4.78, 5) is 14.3. The molecule has 1 fully saturated rings. The lowest BCUT2D eigenvalue weighted by Crippen LogP contribution is -2.46. The number of carbonyl (C=O) groups is 1. The zero-order chi connectivity index (χ0) is 11.5. The van der Waals surface area contributed by atoms with Crippen molar-refractivity contribution in [2.75, 3.05) is 11.9 Å². The van der Waals surface area contributed by atoms with E-state index in [1.807, 2.05) is 28.8 Å². The molecule has 16 heavy (non-hydrogen) atoms. The van der Waals surface area contributed by atoms with E-state index in [-0.39, 0.29) is 11.9 Å². The first kappa shape index (κ1) is 11.6. The Bertz CT molecular complexity index is 350. The van der Waals surface area contributed by atoms with Crippen molar-refractivity contribution in [3.8, 4) is 0 Å². The highest BCUT2D eigenvalue weighted by Gasteiger charge is 2.30. The molecule has 2 heterocycles. The van der Waals surface area contributed by atoms with Crippen LogP contribution in [0.5, 0.6) is 0 Å². The van der Waals surface area contributed by atoms with Crippen molar-refractivity contribution < 1.29 is 4.79 Å². The minimum atomic E-state index is -0.0233. The lowest BCUT2D eigenvalue weighted by Gasteiger charge is -2.28. The van der Waals surface area contributed by atoms with E-state index in [1.54, 1.807) is 11.3 Å². The molecule has 0 aliphatic carbocycles. The van der Waals surface area contributed by atoms with Crippen molar-refractivity contribution in [2.45, 2.75) is 38.3 Å². The summed E-state index contributed by atoms with van der Waals surface area (Å²) in [5.74, 6) is 0.214. The number of likely N-dealkylation sites (N-methyl/N-ethyl adjacent to an activating group) is 1. The van der Waals surface area contributed by atoms with Crippen LogP contribution in [0.15, 0.2) is 16.8 Å². The van der Waals surface area contributed by atoms with Gasteiger partial charge in [-0.2, -0.15) is 11.3 Å². The molecule has 2 atom stereocenters. The number of hydrogen-bond acceptors (Lipinski definition) is 3. The van der Waals surface area contributed by atoms with Gasteiger partial charge in [0, 0.05) is 11.4 Å². The third kappa shape index (κ3) is 2.13. The zero-order valence-corrected chi connectivity index (χ0v) is 10.6. The van der Waals surface area contributed by atoms with Gasteiger partial charge in [-0.3, -0.25) is 4.79 Å². The number of carbonyl (C=O) groups excluding carboxylic acids is 1. The molecule has 3 nitrogen and oxygen atoms in total. The van der Waals surface area contributed by atoms with Gasteiger partial charge in [-0.25, -0.2) is 0 Å². The number of nitrogens with one attached hydrogen (secondary N) is 1. The van der Waals surface area contributed by atoms with E-state index < -0.39 is 0 Å². The molecular weight excluding hydrogens is 220 g/mol. The Morgan fingerprint density at radius 2 is 2.31 bits per heavy atom. The van der Waals surface area contributed by atoms with E-state index in [4.69, 9.17) is 0 Å². The van der Waals surface area contributed by atoms with Gasteiger partial charge in [-0.1, -0.05) is 0 Å². The molecule has 1 N–H and O–H groups in total. The van der Waals surface area contributed by atoms with Gasteiger partial charge < -0.3 is 10.2 Å². The van der Waals surface area contributed by atoms with Crippen LogP contribution in [0.25, 0.3) is 0 Å². The Morgan fingerprint density at radius 1 is 1.50 bits per heavy atom. The Balaban J connectivity index is 2.27. The fraction of sp³-hybridized carbons (Fsp3) is 0.583. The average Bonchev–Trinajstić information content (AvgIpc) is 2.73. The molecule has 1 aliphatic rings. The molecule has 1 aromatic rings. The second-order valence-corrected chi connectivity index (χ2v) is 5.09. The Labute approximate surface area is 100 Å². The molecule has 1 aromatic heterocycles. The summed E-state index contributed by atoms with van der Waals surface area (Å²) in [6.45, 7) is 2.13. The van der Waals surface area contributed by atoms with Gasteiger partial charge in [-0.15, -0.1) is 0 Å². The van der Waals surface area contributed by atoms with Crippen LogP contribution < -0.4 is 10.2 Å². The summed E-state index contributed by atoms with van der Waals surface area (Å²) in [5, 5.41) is 7.19. The zero-order valence-electron chi connectivity index (χ0n) is 9.77. The predicted molar refractivity (Wildman–Crippen MR) is 68.0 cm³/mol. The largest absolute Gasteiger partial charge is 0.309 e. The van der Waals surface area contributed by atoms with Gasteiger partial charge in [0.25, 0.3) is 0 Å². The van der Waals surface area contributed by atoms with Crippen LogP contribution in [0, 0.1) is 0 Å². The Hall–Kier alpha value is -0.870. The monoisotopic (exact) mass is 238 g/mol. The molecule has 2 rings (SSSR count). The van der Waals surface area contributed by atoms with Crippen LogP contribution in [0.1, 0.15) is 26.2 Å². The molecule has 1 amide bonds. The maximum atomic E-state index is 12.4. The molecule has 88 valence electrons. The van der Waals surface area contributed by atoms with E-state index in [1.165, 1.54) is 0 Å².